The van der Waals surface area contributed by atoms with Crippen molar-refractivity contribution in [3.05, 3.63) is 41.9 Å². The minimum absolute atomic E-state index is 0.230. The molecule has 0 unspecified atom stereocenters. The van der Waals surface area contributed by atoms with Gasteiger partial charge in [0.25, 0.3) is 0 Å². The highest BCUT2D eigenvalue weighted by Gasteiger charge is 2.15. The normalized spacial score (nSPS) is 12.2. The minimum Gasteiger partial charge on any atom is -0.323 e. The van der Waals surface area contributed by atoms with Gasteiger partial charge in [0.05, 0.1) is 28.8 Å². The number of rotatable bonds is 4. The lowest BCUT2D eigenvalue weighted by molar-refractivity contribution is -0.117. The molecule has 1 atom stereocenters. The summed E-state index contributed by atoms with van der Waals surface area (Å²) in [7, 11) is 0. The van der Waals surface area contributed by atoms with Crippen molar-refractivity contribution in [1.82, 2.24) is 9.55 Å². The van der Waals surface area contributed by atoms with Crippen molar-refractivity contribution in [2.45, 2.75) is 19.4 Å². The summed E-state index contributed by atoms with van der Waals surface area (Å²) in [5, 5.41) is 3.32. The second-order valence-corrected chi connectivity index (χ2v) is 4.52. The molecule has 0 radical (unpaired) electrons. The SMILES string of the molecule is CC[C@@H](N)C(=O)Nc1cccc(Cl)c1-n1ccnc1. The quantitative estimate of drug-likeness (QED) is 0.900. The van der Waals surface area contributed by atoms with Gasteiger partial charge in [-0.2, -0.15) is 0 Å². The molecule has 0 bridgehead atoms. The Balaban J connectivity index is 2.36. The maximum absolute atomic E-state index is 11.9. The number of imidazole rings is 1. The van der Waals surface area contributed by atoms with Crippen LogP contribution in [-0.4, -0.2) is 21.5 Å². The van der Waals surface area contributed by atoms with Crippen LogP contribution in [0.1, 0.15) is 13.3 Å². The van der Waals surface area contributed by atoms with Crippen molar-refractivity contribution in [2.75, 3.05) is 5.32 Å². The Hall–Kier alpha value is -1.85. The molecule has 2 rings (SSSR count). The molecule has 0 aliphatic carbocycles. The number of carbonyl (C=O) groups is 1. The van der Waals surface area contributed by atoms with E-state index in [1.54, 1.807) is 41.5 Å². The van der Waals surface area contributed by atoms with Crippen LogP contribution >= 0.6 is 11.6 Å². The van der Waals surface area contributed by atoms with Crippen molar-refractivity contribution < 1.29 is 4.79 Å². The number of nitrogens with zero attached hydrogens (tertiary/aromatic N) is 2. The summed E-state index contributed by atoms with van der Waals surface area (Å²) >= 11 is 6.19. The number of amides is 1. The number of carbonyl (C=O) groups excluding carboxylic acids is 1. The van der Waals surface area contributed by atoms with E-state index in [1.807, 2.05) is 6.92 Å². The summed E-state index contributed by atoms with van der Waals surface area (Å²) < 4.78 is 1.75. The summed E-state index contributed by atoms with van der Waals surface area (Å²) in [6.45, 7) is 1.86. The van der Waals surface area contributed by atoms with Crippen LogP contribution in [0.4, 0.5) is 5.69 Å². The number of hydrogen-bond donors (Lipinski definition) is 2. The van der Waals surface area contributed by atoms with E-state index >= 15 is 0 Å². The van der Waals surface area contributed by atoms with E-state index in [0.29, 0.717) is 22.8 Å². The van der Waals surface area contributed by atoms with Crippen molar-refractivity contribution in [3.8, 4) is 5.69 Å². The molecule has 1 aromatic heterocycles. The molecule has 1 aromatic carbocycles. The van der Waals surface area contributed by atoms with Crippen molar-refractivity contribution in [2.24, 2.45) is 5.73 Å². The fourth-order valence-corrected chi connectivity index (χ4v) is 1.95. The van der Waals surface area contributed by atoms with Gasteiger partial charge in [0.2, 0.25) is 5.91 Å². The van der Waals surface area contributed by atoms with Crippen LogP contribution in [0.15, 0.2) is 36.9 Å². The molecule has 1 heterocycles. The van der Waals surface area contributed by atoms with E-state index < -0.39 is 6.04 Å². The second-order valence-electron chi connectivity index (χ2n) is 4.11. The molecule has 19 heavy (non-hydrogen) atoms. The van der Waals surface area contributed by atoms with E-state index in [1.165, 1.54) is 0 Å². The third-order valence-corrected chi connectivity index (χ3v) is 3.09. The van der Waals surface area contributed by atoms with Gasteiger partial charge in [-0.1, -0.05) is 24.6 Å². The van der Waals surface area contributed by atoms with Crippen molar-refractivity contribution >= 4 is 23.2 Å². The van der Waals surface area contributed by atoms with E-state index in [0.717, 1.165) is 0 Å². The molecule has 0 saturated carbocycles. The van der Waals surface area contributed by atoms with Gasteiger partial charge in [-0.25, -0.2) is 4.98 Å². The average molecular weight is 279 g/mol. The summed E-state index contributed by atoms with van der Waals surface area (Å²) in [5.74, 6) is -0.230. The van der Waals surface area contributed by atoms with Crippen LogP contribution in [0.3, 0.4) is 0 Å². The highest BCUT2D eigenvalue weighted by molar-refractivity contribution is 6.33. The van der Waals surface area contributed by atoms with E-state index in [-0.39, 0.29) is 5.91 Å². The summed E-state index contributed by atoms with van der Waals surface area (Å²) in [4.78, 5) is 15.9. The molecular weight excluding hydrogens is 264 g/mol. The van der Waals surface area contributed by atoms with Gasteiger partial charge in [-0.15, -0.1) is 0 Å². The molecule has 2 aromatic rings. The van der Waals surface area contributed by atoms with Gasteiger partial charge in [-0.05, 0) is 18.6 Å². The fraction of sp³-hybridized carbons (Fsp3) is 0.231. The predicted molar refractivity (Wildman–Crippen MR) is 75.5 cm³/mol. The highest BCUT2D eigenvalue weighted by atomic mass is 35.5. The number of para-hydroxylation sites is 1. The van der Waals surface area contributed by atoms with Crippen LogP contribution in [0.5, 0.6) is 0 Å². The number of hydrogen-bond acceptors (Lipinski definition) is 3. The fourth-order valence-electron chi connectivity index (χ4n) is 1.68. The number of nitrogens with one attached hydrogen (secondary N) is 1. The number of nitrogens with two attached hydrogens (primary N) is 1. The average Bonchev–Trinajstić information content (AvgIpc) is 2.91. The zero-order chi connectivity index (χ0) is 13.8. The standard InChI is InChI=1S/C13H15ClN4O/c1-2-10(15)13(19)17-11-5-3-4-9(14)12(11)18-7-6-16-8-18/h3-8,10H,2,15H2,1H3,(H,17,19)/t10-/m1/s1. The Bertz CT molecular complexity index is 568. The number of benzene rings is 1. The largest absolute Gasteiger partial charge is 0.323 e. The topological polar surface area (TPSA) is 72.9 Å². The molecule has 0 aliphatic heterocycles. The van der Waals surface area contributed by atoms with Crippen LogP contribution in [0.2, 0.25) is 5.02 Å². The second kappa shape index (κ2) is 5.86. The lowest BCUT2D eigenvalue weighted by atomic mass is 10.2. The minimum atomic E-state index is -0.533. The molecular formula is C13H15ClN4O. The van der Waals surface area contributed by atoms with Crippen molar-refractivity contribution in [3.63, 3.8) is 0 Å². The first-order valence-corrected chi connectivity index (χ1v) is 6.34. The first-order chi connectivity index (χ1) is 9.13. The maximum Gasteiger partial charge on any atom is 0.241 e. The zero-order valence-electron chi connectivity index (χ0n) is 10.5. The van der Waals surface area contributed by atoms with Crippen LogP contribution in [-0.2, 0) is 4.79 Å². The monoisotopic (exact) mass is 278 g/mol. The van der Waals surface area contributed by atoms with E-state index in [2.05, 4.69) is 10.3 Å². The first-order valence-electron chi connectivity index (χ1n) is 5.96. The smallest absolute Gasteiger partial charge is 0.241 e. The maximum atomic E-state index is 11.9. The predicted octanol–water partition coefficient (Wildman–Crippen LogP) is 2.20. The molecule has 1 amide bonds. The summed E-state index contributed by atoms with van der Waals surface area (Å²) in [5.41, 5.74) is 7.00. The van der Waals surface area contributed by atoms with Crippen LogP contribution in [0.25, 0.3) is 5.69 Å². The Kier molecular flexibility index (Phi) is 4.19. The van der Waals surface area contributed by atoms with Gasteiger partial charge in [0, 0.05) is 12.4 Å². The van der Waals surface area contributed by atoms with Gasteiger partial charge >= 0.3 is 0 Å². The molecule has 0 saturated heterocycles. The Morgan fingerprint density at radius 3 is 3.00 bits per heavy atom. The van der Waals surface area contributed by atoms with Crippen molar-refractivity contribution in [1.29, 1.82) is 0 Å². The lowest BCUT2D eigenvalue weighted by Gasteiger charge is -2.15. The Morgan fingerprint density at radius 1 is 1.58 bits per heavy atom. The molecule has 5 nitrogen and oxygen atoms in total. The third-order valence-electron chi connectivity index (χ3n) is 2.78. The molecule has 6 heteroatoms. The Labute approximate surface area is 116 Å². The van der Waals surface area contributed by atoms with E-state index in [9.17, 15) is 4.79 Å². The number of anilines is 1. The van der Waals surface area contributed by atoms with Crippen LogP contribution in [0, 0.1) is 0 Å². The first kappa shape index (κ1) is 13.6. The molecule has 0 aliphatic rings. The third kappa shape index (κ3) is 2.94. The summed E-state index contributed by atoms with van der Waals surface area (Å²) in [6, 6.07) is 4.78. The van der Waals surface area contributed by atoms with E-state index in [4.69, 9.17) is 17.3 Å². The van der Waals surface area contributed by atoms with Gasteiger partial charge < -0.3 is 15.6 Å². The van der Waals surface area contributed by atoms with Gasteiger partial charge in [-0.3, -0.25) is 4.79 Å². The molecule has 0 spiro atoms. The van der Waals surface area contributed by atoms with Crippen LogP contribution < -0.4 is 11.1 Å². The number of aromatic nitrogens is 2. The molecule has 3 N–H and O–H groups in total. The lowest BCUT2D eigenvalue weighted by Crippen LogP contribution is -2.35. The number of halogens is 1. The van der Waals surface area contributed by atoms with Gasteiger partial charge in [0.1, 0.15) is 0 Å². The summed E-state index contributed by atoms with van der Waals surface area (Å²) in [6.07, 6.45) is 5.60. The molecule has 0 fully saturated rings. The Morgan fingerprint density at radius 2 is 2.37 bits per heavy atom. The zero-order valence-corrected chi connectivity index (χ0v) is 11.3. The van der Waals surface area contributed by atoms with Gasteiger partial charge in [0.15, 0.2) is 0 Å². The molecule has 100 valence electrons. The highest BCUT2D eigenvalue weighted by Crippen LogP contribution is 2.28.